The molecule has 1 fully saturated rings. The number of carbonyl (C=O) groups is 1. The van der Waals surface area contributed by atoms with Gasteiger partial charge in [0.25, 0.3) is 5.91 Å². The highest BCUT2D eigenvalue weighted by atomic mass is 35.5. The van der Waals surface area contributed by atoms with Gasteiger partial charge >= 0.3 is 0 Å². The van der Waals surface area contributed by atoms with Crippen LogP contribution < -0.4 is 9.62 Å². The Morgan fingerprint density at radius 1 is 1.03 bits per heavy atom. The van der Waals surface area contributed by atoms with Crippen LogP contribution in [0.5, 0.6) is 0 Å². The van der Waals surface area contributed by atoms with Crippen LogP contribution in [0.1, 0.15) is 16.9 Å². The van der Waals surface area contributed by atoms with Gasteiger partial charge in [-0.2, -0.15) is 5.10 Å². The van der Waals surface area contributed by atoms with Crippen molar-refractivity contribution < 1.29 is 17.6 Å². The van der Waals surface area contributed by atoms with Gasteiger partial charge in [0.05, 0.1) is 34.1 Å². The summed E-state index contributed by atoms with van der Waals surface area (Å²) in [6.45, 7) is 0.393. The molecule has 0 spiro atoms. The fourth-order valence-corrected chi connectivity index (χ4v) is 5.45. The van der Waals surface area contributed by atoms with Crippen molar-refractivity contribution in [2.45, 2.75) is 6.42 Å². The van der Waals surface area contributed by atoms with E-state index in [1.54, 1.807) is 36.4 Å². The summed E-state index contributed by atoms with van der Waals surface area (Å²) in [6.07, 6.45) is 2.09. The molecule has 0 unspecified atom stereocenters. The number of aromatic nitrogens is 2. The number of amides is 1. The lowest BCUT2D eigenvalue weighted by Crippen LogP contribution is -2.25. The maximum atomic E-state index is 13.3. The number of furan rings is 1. The van der Waals surface area contributed by atoms with E-state index in [1.165, 1.54) is 15.3 Å². The van der Waals surface area contributed by atoms with Gasteiger partial charge in [0.2, 0.25) is 10.0 Å². The van der Waals surface area contributed by atoms with E-state index in [0.717, 1.165) is 0 Å². The highest BCUT2D eigenvalue weighted by molar-refractivity contribution is 7.93. The van der Waals surface area contributed by atoms with Crippen molar-refractivity contribution in [1.29, 1.82) is 0 Å². The maximum Gasteiger partial charge on any atom is 0.274 e. The topological polar surface area (TPSA) is 97.4 Å². The monoisotopic (exact) mass is 482 g/mol. The van der Waals surface area contributed by atoms with E-state index < -0.39 is 15.9 Å². The molecule has 4 aromatic rings. The highest BCUT2D eigenvalue weighted by Gasteiger charge is 2.29. The van der Waals surface area contributed by atoms with Gasteiger partial charge in [-0.3, -0.25) is 9.10 Å². The quantitative estimate of drug-likeness (QED) is 0.449. The fraction of sp³-hybridized carbons (Fsp3) is 0.130. The summed E-state index contributed by atoms with van der Waals surface area (Å²) in [4.78, 5) is 13.3. The smallest absolute Gasteiger partial charge is 0.274 e. The van der Waals surface area contributed by atoms with E-state index in [1.807, 2.05) is 30.3 Å². The third-order valence-electron chi connectivity index (χ3n) is 5.30. The Bertz CT molecular complexity index is 1420. The Morgan fingerprint density at radius 2 is 1.85 bits per heavy atom. The molecule has 2 aromatic carbocycles. The molecule has 1 saturated heterocycles. The first kappa shape index (κ1) is 21.3. The number of nitrogens with one attached hydrogen (secondary N) is 1. The summed E-state index contributed by atoms with van der Waals surface area (Å²) in [5.41, 5.74) is 2.23. The number of benzene rings is 2. The number of anilines is 2. The molecular formula is C23H19ClN4O4S. The maximum absolute atomic E-state index is 13.3. The molecule has 3 heterocycles. The number of sulfonamides is 1. The zero-order chi connectivity index (χ0) is 23.0. The Labute approximate surface area is 195 Å². The molecule has 0 bridgehead atoms. The zero-order valence-electron chi connectivity index (χ0n) is 17.3. The summed E-state index contributed by atoms with van der Waals surface area (Å²) in [5, 5.41) is 7.64. The second-order valence-electron chi connectivity index (χ2n) is 7.50. The SMILES string of the molecule is O=C(Nc1cc(N2CCCS2(=O)=O)ccc1Cl)c1cc(-c2ccco2)nn1-c1ccccc1. The summed E-state index contributed by atoms with van der Waals surface area (Å²) in [5.74, 6) is 0.175. The standard InChI is InChI=1S/C23H19ClN4O4S/c24-18-10-9-17(27-11-5-13-33(27,30)31)14-19(18)25-23(29)21-15-20(22-8-4-12-32-22)26-28(21)16-6-2-1-3-7-16/h1-4,6-10,12,14-15H,5,11,13H2,(H,25,29). The van der Waals surface area contributed by atoms with Crippen LogP contribution in [0.25, 0.3) is 17.1 Å². The summed E-state index contributed by atoms with van der Waals surface area (Å²) >= 11 is 6.33. The van der Waals surface area contributed by atoms with Crippen LogP contribution in [-0.4, -0.2) is 36.4 Å². The molecule has 1 aliphatic heterocycles. The number of hydrogen-bond donors (Lipinski definition) is 1. The van der Waals surface area contributed by atoms with Crippen LogP contribution in [0, 0.1) is 0 Å². The Balaban J connectivity index is 1.51. The predicted octanol–water partition coefficient (Wildman–Crippen LogP) is 4.58. The van der Waals surface area contributed by atoms with Gasteiger partial charge in [-0.1, -0.05) is 29.8 Å². The highest BCUT2D eigenvalue weighted by Crippen LogP contribution is 2.32. The number of para-hydroxylation sites is 1. The first-order chi connectivity index (χ1) is 15.9. The zero-order valence-corrected chi connectivity index (χ0v) is 18.9. The van der Waals surface area contributed by atoms with Gasteiger partial charge in [0.1, 0.15) is 11.4 Å². The van der Waals surface area contributed by atoms with E-state index in [9.17, 15) is 13.2 Å². The molecule has 0 saturated carbocycles. The predicted molar refractivity (Wildman–Crippen MR) is 126 cm³/mol. The van der Waals surface area contributed by atoms with E-state index in [0.29, 0.717) is 46.5 Å². The molecule has 2 aromatic heterocycles. The largest absolute Gasteiger partial charge is 0.463 e. The van der Waals surface area contributed by atoms with Crippen LogP contribution in [0.3, 0.4) is 0 Å². The molecule has 0 aliphatic carbocycles. The Hall–Kier alpha value is -3.56. The second kappa shape index (κ2) is 8.42. The van der Waals surface area contributed by atoms with E-state index in [4.69, 9.17) is 16.0 Å². The molecule has 0 radical (unpaired) electrons. The lowest BCUT2D eigenvalue weighted by molar-refractivity contribution is 0.101. The number of nitrogens with zero attached hydrogens (tertiary/aromatic N) is 3. The first-order valence-corrected chi connectivity index (χ1v) is 12.2. The van der Waals surface area contributed by atoms with Gasteiger partial charge in [-0.05, 0) is 48.9 Å². The van der Waals surface area contributed by atoms with Crippen LogP contribution >= 0.6 is 11.6 Å². The number of halogens is 1. The average molecular weight is 483 g/mol. The number of rotatable bonds is 5. The lowest BCUT2D eigenvalue weighted by atomic mass is 10.2. The van der Waals surface area contributed by atoms with Crippen molar-refractivity contribution >= 4 is 38.9 Å². The van der Waals surface area contributed by atoms with Crippen molar-refractivity contribution in [3.63, 3.8) is 0 Å². The van der Waals surface area contributed by atoms with E-state index in [2.05, 4.69) is 10.4 Å². The molecule has 8 nitrogen and oxygen atoms in total. The van der Waals surface area contributed by atoms with Crippen molar-refractivity contribution in [1.82, 2.24) is 9.78 Å². The van der Waals surface area contributed by atoms with Crippen molar-refractivity contribution in [3.05, 3.63) is 83.7 Å². The molecule has 1 amide bonds. The summed E-state index contributed by atoms with van der Waals surface area (Å²) in [7, 11) is -3.36. The summed E-state index contributed by atoms with van der Waals surface area (Å²) in [6, 6.07) is 19.1. The van der Waals surface area contributed by atoms with Crippen LogP contribution in [0.15, 0.2) is 77.4 Å². The third-order valence-corrected chi connectivity index (χ3v) is 7.50. The second-order valence-corrected chi connectivity index (χ2v) is 9.92. The number of hydrogen-bond acceptors (Lipinski definition) is 5. The molecule has 33 heavy (non-hydrogen) atoms. The first-order valence-electron chi connectivity index (χ1n) is 10.2. The van der Waals surface area contributed by atoms with Crippen LogP contribution in [0.2, 0.25) is 5.02 Å². The Kier molecular flexibility index (Phi) is 5.43. The molecular weight excluding hydrogens is 464 g/mol. The van der Waals surface area contributed by atoms with Gasteiger partial charge < -0.3 is 9.73 Å². The average Bonchev–Trinajstić information content (AvgIpc) is 3.55. The molecule has 168 valence electrons. The minimum atomic E-state index is -3.36. The summed E-state index contributed by atoms with van der Waals surface area (Å²) < 4.78 is 32.9. The van der Waals surface area contributed by atoms with Crippen molar-refractivity contribution in [2.75, 3.05) is 21.9 Å². The number of carbonyl (C=O) groups excluding carboxylic acids is 1. The van der Waals surface area contributed by atoms with Gasteiger partial charge in [-0.25, -0.2) is 13.1 Å². The molecule has 0 atom stereocenters. The molecule has 10 heteroatoms. The van der Waals surface area contributed by atoms with E-state index >= 15 is 0 Å². The fourth-order valence-electron chi connectivity index (χ4n) is 3.73. The molecule has 1 aliphatic rings. The minimum absolute atomic E-state index is 0.100. The van der Waals surface area contributed by atoms with Gasteiger partial charge in [-0.15, -0.1) is 0 Å². The van der Waals surface area contributed by atoms with Crippen molar-refractivity contribution in [2.24, 2.45) is 0 Å². The van der Waals surface area contributed by atoms with Gasteiger partial charge in [0, 0.05) is 12.6 Å². The molecule has 1 N–H and O–H groups in total. The van der Waals surface area contributed by atoms with Crippen LogP contribution in [-0.2, 0) is 10.0 Å². The van der Waals surface area contributed by atoms with Crippen molar-refractivity contribution in [3.8, 4) is 17.1 Å². The normalized spacial score (nSPS) is 15.0. The third kappa shape index (κ3) is 4.12. The van der Waals surface area contributed by atoms with E-state index in [-0.39, 0.29) is 11.4 Å². The van der Waals surface area contributed by atoms with Crippen LogP contribution in [0.4, 0.5) is 11.4 Å². The Morgan fingerprint density at radius 3 is 2.55 bits per heavy atom. The minimum Gasteiger partial charge on any atom is -0.463 e. The van der Waals surface area contributed by atoms with Gasteiger partial charge in [0.15, 0.2) is 5.76 Å². The lowest BCUT2D eigenvalue weighted by Gasteiger charge is -2.18. The molecule has 5 rings (SSSR count).